The lowest BCUT2D eigenvalue weighted by atomic mass is 10.2. The van der Waals surface area contributed by atoms with E-state index in [0.29, 0.717) is 0 Å². The third kappa shape index (κ3) is 4.76. The first-order chi connectivity index (χ1) is 9.66. The molecule has 0 spiro atoms. The van der Waals surface area contributed by atoms with Gasteiger partial charge in [0.2, 0.25) is 0 Å². The lowest BCUT2D eigenvalue weighted by Gasteiger charge is -2.00. The van der Waals surface area contributed by atoms with Crippen molar-refractivity contribution < 1.29 is 13.6 Å². The van der Waals surface area contributed by atoms with E-state index >= 15 is 0 Å². The van der Waals surface area contributed by atoms with Gasteiger partial charge in [-0.3, -0.25) is 0 Å². The highest BCUT2D eigenvalue weighted by Crippen LogP contribution is 2.30. The fourth-order valence-corrected chi connectivity index (χ4v) is 2.87. The summed E-state index contributed by atoms with van der Waals surface area (Å²) in [6.07, 6.45) is 0. The highest BCUT2D eigenvalue weighted by Gasteiger charge is 2.21. The van der Waals surface area contributed by atoms with Crippen molar-refractivity contribution in [1.82, 2.24) is 0 Å². The largest absolute Gasteiger partial charge is 0.698 e. The summed E-state index contributed by atoms with van der Waals surface area (Å²) in [4.78, 5) is 0. The Morgan fingerprint density at radius 1 is 0.800 bits per heavy atom. The summed E-state index contributed by atoms with van der Waals surface area (Å²) in [5, 5.41) is 0. The minimum atomic E-state index is -2.14. The van der Waals surface area contributed by atoms with Gasteiger partial charge in [0.25, 0.3) is 0 Å². The van der Waals surface area contributed by atoms with Crippen LogP contribution in [-0.2, 0) is 26.8 Å². The summed E-state index contributed by atoms with van der Waals surface area (Å²) in [6, 6.07) is 15.3. The molecule has 0 heterocycles. The molecule has 0 atom stereocenters. The van der Waals surface area contributed by atoms with Crippen LogP contribution in [0.15, 0.2) is 57.5 Å². The molecule has 2 aromatic carbocycles. The van der Waals surface area contributed by atoms with Crippen LogP contribution in [0.25, 0.3) is 0 Å². The van der Waals surface area contributed by atoms with Gasteiger partial charge < -0.3 is 0 Å². The fourth-order valence-electron chi connectivity index (χ4n) is 1.51. The van der Waals surface area contributed by atoms with Gasteiger partial charge in [-0.1, -0.05) is 68.3 Å². The first-order valence-corrected chi connectivity index (χ1v) is 8.55. The normalized spacial score (nSPS) is 10.5. The predicted octanol–water partition coefficient (Wildman–Crippen LogP) is 5.60. The van der Waals surface area contributed by atoms with E-state index < -0.39 is 8.25 Å². The molecule has 0 bridgehead atoms. The van der Waals surface area contributed by atoms with Crippen LogP contribution >= 0.6 is 40.1 Å². The zero-order valence-corrected chi connectivity index (χ0v) is 14.5. The Morgan fingerprint density at radius 2 is 1.20 bits per heavy atom. The Bertz CT molecular complexity index is 553. The SMILES string of the molecule is O=[P+](OCc1ccccc1Br)OCc1ccccc1Br. The van der Waals surface area contributed by atoms with Crippen LogP contribution in [0.1, 0.15) is 11.1 Å². The molecule has 0 saturated carbocycles. The third-order valence-electron chi connectivity index (χ3n) is 2.57. The molecule has 6 heteroatoms. The molecule has 3 nitrogen and oxygen atoms in total. The smallest absolute Gasteiger partial charge is 0.114 e. The molecule has 0 fully saturated rings. The Morgan fingerprint density at radius 3 is 1.60 bits per heavy atom. The molecule has 0 aliphatic heterocycles. The van der Waals surface area contributed by atoms with Crippen LogP contribution in [0, 0.1) is 0 Å². The van der Waals surface area contributed by atoms with E-state index in [0.717, 1.165) is 20.1 Å². The molecule has 0 unspecified atom stereocenters. The monoisotopic (exact) mass is 417 g/mol. The minimum Gasteiger partial charge on any atom is -0.114 e. The highest BCUT2D eigenvalue weighted by molar-refractivity contribution is 9.10. The lowest BCUT2D eigenvalue weighted by Crippen LogP contribution is -1.91. The molecule has 104 valence electrons. The summed E-state index contributed by atoms with van der Waals surface area (Å²) >= 11 is 6.82. The maximum absolute atomic E-state index is 11.7. The van der Waals surface area contributed by atoms with Crippen LogP contribution in [0.2, 0.25) is 0 Å². The van der Waals surface area contributed by atoms with E-state index in [1.165, 1.54) is 0 Å². The quantitative estimate of drug-likeness (QED) is 0.572. The molecule has 0 saturated heterocycles. The van der Waals surface area contributed by atoms with Crippen LogP contribution < -0.4 is 0 Å². The van der Waals surface area contributed by atoms with Gasteiger partial charge in [-0.15, -0.1) is 9.05 Å². The molecular weight excluding hydrogens is 407 g/mol. The molecule has 0 N–H and O–H groups in total. The summed E-state index contributed by atoms with van der Waals surface area (Å²) in [5.41, 5.74) is 1.86. The number of rotatable bonds is 6. The van der Waals surface area contributed by atoms with Crippen LogP contribution in [0.5, 0.6) is 0 Å². The number of benzene rings is 2. The standard InChI is InChI=1S/C14H12Br2O3P/c15-13-7-3-1-5-11(13)9-18-20(17)19-10-12-6-2-4-8-14(12)16/h1-8H,9-10H2/q+1. The average molecular weight is 419 g/mol. The van der Waals surface area contributed by atoms with Gasteiger partial charge in [0.05, 0.1) is 0 Å². The van der Waals surface area contributed by atoms with Crippen molar-refractivity contribution in [2.24, 2.45) is 0 Å². The Hall–Kier alpha value is -0.580. The summed E-state index contributed by atoms with van der Waals surface area (Å²) < 4.78 is 24.0. The number of hydrogen-bond acceptors (Lipinski definition) is 3. The summed E-state index contributed by atoms with van der Waals surface area (Å²) in [7, 11) is -2.14. The average Bonchev–Trinajstić information content (AvgIpc) is 2.45. The Balaban J connectivity index is 1.82. The van der Waals surface area contributed by atoms with Crippen LogP contribution in [0.4, 0.5) is 0 Å². The zero-order valence-electron chi connectivity index (χ0n) is 10.5. The van der Waals surface area contributed by atoms with Gasteiger partial charge in [0, 0.05) is 13.5 Å². The van der Waals surface area contributed by atoms with Crippen LogP contribution in [0.3, 0.4) is 0 Å². The second-order valence-electron chi connectivity index (χ2n) is 3.95. The van der Waals surface area contributed by atoms with Crippen molar-refractivity contribution in [3.05, 3.63) is 68.6 Å². The molecule has 2 rings (SSSR count). The maximum atomic E-state index is 11.7. The summed E-state index contributed by atoms with van der Waals surface area (Å²) in [6.45, 7) is 0.485. The van der Waals surface area contributed by atoms with Crippen molar-refractivity contribution in [2.75, 3.05) is 0 Å². The van der Waals surface area contributed by atoms with E-state index in [4.69, 9.17) is 9.05 Å². The van der Waals surface area contributed by atoms with Gasteiger partial charge in [-0.05, 0) is 23.3 Å². The van der Waals surface area contributed by atoms with Gasteiger partial charge in [0.15, 0.2) is 0 Å². The maximum Gasteiger partial charge on any atom is 0.698 e. The zero-order chi connectivity index (χ0) is 14.4. The molecule has 2 aromatic rings. The van der Waals surface area contributed by atoms with Crippen molar-refractivity contribution in [3.8, 4) is 0 Å². The molecule has 0 aliphatic carbocycles. The molecule has 0 radical (unpaired) electrons. The highest BCUT2D eigenvalue weighted by atomic mass is 79.9. The van der Waals surface area contributed by atoms with Gasteiger partial charge in [-0.25, -0.2) is 0 Å². The second kappa shape index (κ2) is 8.01. The van der Waals surface area contributed by atoms with E-state index in [1.807, 2.05) is 48.5 Å². The third-order valence-corrected chi connectivity index (χ3v) is 4.79. The van der Waals surface area contributed by atoms with E-state index in [2.05, 4.69) is 31.9 Å². The first-order valence-electron chi connectivity index (χ1n) is 5.86. The van der Waals surface area contributed by atoms with Gasteiger partial charge in [0.1, 0.15) is 13.2 Å². The molecule has 20 heavy (non-hydrogen) atoms. The number of hydrogen-bond donors (Lipinski definition) is 0. The predicted molar refractivity (Wildman–Crippen MR) is 85.5 cm³/mol. The molecule has 0 aromatic heterocycles. The topological polar surface area (TPSA) is 35.5 Å². The van der Waals surface area contributed by atoms with Crippen molar-refractivity contribution in [3.63, 3.8) is 0 Å². The second-order valence-corrected chi connectivity index (χ2v) is 6.63. The Labute approximate surface area is 135 Å². The lowest BCUT2D eigenvalue weighted by molar-refractivity contribution is 0.212. The molecule has 0 aliphatic rings. The summed E-state index contributed by atoms with van der Waals surface area (Å²) in [5.74, 6) is 0. The number of halogens is 2. The minimum absolute atomic E-state index is 0.243. The van der Waals surface area contributed by atoms with Crippen molar-refractivity contribution in [1.29, 1.82) is 0 Å². The van der Waals surface area contributed by atoms with E-state index in [1.54, 1.807) is 0 Å². The van der Waals surface area contributed by atoms with Crippen molar-refractivity contribution in [2.45, 2.75) is 13.2 Å². The fraction of sp³-hybridized carbons (Fsp3) is 0.143. The molecular formula is C14H12Br2O3P+. The van der Waals surface area contributed by atoms with Gasteiger partial charge in [-0.2, -0.15) is 0 Å². The molecule has 0 amide bonds. The van der Waals surface area contributed by atoms with Gasteiger partial charge >= 0.3 is 8.25 Å². The Kier molecular flexibility index (Phi) is 6.33. The first kappa shape index (κ1) is 15.8. The van der Waals surface area contributed by atoms with Crippen LogP contribution in [-0.4, -0.2) is 0 Å². The van der Waals surface area contributed by atoms with Crippen molar-refractivity contribution >= 4 is 40.1 Å². The van der Waals surface area contributed by atoms with E-state index in [9.17, 15) is 4.57 Å². The van der Waals surface area contributed by atoms with E-state index in [-0.39, 0.29) is 13.2 Å².